The number of carbonyl (C=O) groups excluding carboxylic acids is 4. The summed E-state index contributed by atoms with van der Waals surface area (Å²) in [5.41, 5.74) is 0. The third-order valence-corrected chi connectivity index (χ3v) is 8.10. The van der Waals surface area contributed by atoms with Gasteiger partial charge in [-0.25, -0.2) is 0 Å². The molecule has 38 heavy (non-hydrogen) atoms. The first-order chi connectivity index (χ1) is 17.6. The van der Waals surface area contributed by atoms with Crippen LogP contribution >= 0.6 is 7.37 Å². The number of hydrogen-bond acceptors (Lipinski definition) is 6. The maximum Gasteiger partial charge on any atom is 0.243 e. The van der Waals surface area contributed by atoms with Gasteiger partial charge in [-0.1, -0.05) is 41.5 Å². The zero-order valence-corrected chi connectivity index (χ0v) is 25.0. The average Bonchev–Trinajstić information content (AvgIpc) is 3.35. The van der Waals surface area contributed by atoms with Crippen LogP contribution in [0.3, 0.4) is 0 Å². The molecule has 0 aromatic carbocycles. The molecule has 1 fully saturated rings. The highest BCUT2D eigenvalue weighted by Gasteiger charge is 2.34. The van der Waals surface area contributed by atoms with Crippen LogP contribution in [0.2, 0.25) is 0 Å². The Balaban J connectivity index is 2.87. The van der Waals surface area contributed by atoms with Gasteiger partial charge in [0.15, 0.2) is 0 Å². The van der Waals surface area contributed by atoms with E-state index in [0.29, 0.717) is 25.7 Å². The fourth-order valence-electron chi connectivity index (χ4n) is 4.62. The van der Waals surface area contributed by atoms with E-state index in [4.69, 9.17) is 0 Å². The third-order valence-electron chi connectivity index (χ3n) is 6.44. The minimum atomic E-state index is -3.96. The van der Waals surface area contributed by atoms with Gasteiger partial charge in [0.05, 0.1) is 12.3 Å². The van der Waals surface area contributed by atoms with Crippen LogP contribution in [-0.2, 0) is 23.7 Å². The van der Waals surface area contributed by atoms with E-state index in [1.807, 2.05) is 41.5 Å². The molecule has 0 radical (unpaired) electrons. The maximum absolute atomic E-state index is 13.1. The van der Waals surface area contributed by atoms with E-state index in [1.165, 1.54) is 7.05 Å². The lowest BCUT2D eigenvalue weighted by atomic mass is 9.96. The summed E-state index contributed by atoms with van der Waals surface area (Å²) in [5.74, 6) is -2.02. The lowest BCUT2D eigenvalue weighted by Gasteiger charge is -2.26. The van der Waals surface area contributed by atoms with E-state index in [0.717, 1.165) is 13.0 Å². The molecule has 0 spiro atoms. The first kappa shape index (κ1) is 34.1. The molecular weight excluding hydrogens is 509 g/mol. The molecule has 1 saturated heterocycles. The van der Waals surface area contributed by atoms with Crippen molar-refractivity contribution in [2.45, 2.75) is 91.8 Å². The lowest BCUT2D eigenvalue weighted by Crippen LogP contribution is -2.52. The van der Waals surface area contributed by atoms with Gasteiger partial charge in [-0.2, -0.15) is 0 Å². The van der Waals surface area contributed by atoms with Crippen molar-refractivity contribution in [3.8, 4) is 0 Å². The van der Waals surface area contributed by atoms with Crippen LogP contribution in [0.1, 0.15) is 73.6 Å². The lowest BCUT2D eigenvalue weighted by molar-refractivity contribution is -0.131. The van der Waals surface area contributed by atoms with Gasteiger partial charge in [0.1, 0.15) is 12.1 Å². The highest BCUT2D eigenvalue weighted by atomic mass is 31.2. The van der Waals surface area contributed by atoms with Crippen molar-refractivity contribution in [3.05, 3.63) is 0 Å². The molecule has 11 nitrogen and oxygen atoms in total. The molecule has 5 atom stereocenters. The summed E-state index contributed by atoms with van der Waals surface area (Å²) in [4.78, 5) is 61.6. The zero-order chi connectivity index (χ0) is 29.0. The van der Waals surface area contributed by atoms with Gasteiger partial charge < -0.3 is 31.5 Å². The molecule has 1 aliphatic rings. The van der Waals surface area contributed by atoms with Gasteiger partial charge in [0, 0.05) is 19.1 Å². The second-order valence-corrected chi connectivity index (χ2v) is 14.1. The quantitative estimate of drug-likeness (QED) is 0.156. The molecule has 0 bridgehead atoms. The number of rotatable bonds is 16. The molecule has 6 N–H and O–H groups in total. The fourth-order valence-corrected chi connectivity index (χ4v) is 6.15. The van der Waals surface area contributed by atoms with Crippen LogP contribution in [0, 0.1) is 23.7 Å². The predicted octanol–water partition coefficient (Wildman–Crippen LogP) is 1.55. The topological polar surface area (TPSA) is 166 Å². The summed E-state index contributed by atoms with van der Waals surface area (Å²) in [6.07, 6.45) is 1.93. The number of nitrogens with one attached hydrogen (secondary N) is 5. The van der Waals surface area contributed by atoms with Gasteiger partial charge in [0.2, 0.25) is 31.0 Å². The van der Waals surface area contributed by atoms with Crippen molar-refractivity contribution in [1.29, 1.82) is 0 Å². The fraction of sp³-hybridized carbons (Fsp3) is 0.846. The van der Waals surface area contributed by atoms with E-state index in [9.17, 15) is 28.6 Å². The van der Waals surface area contributed by atoms with Crippen molar-refractivity contribution >= 4 is 31.0 Å². The van der Waals surface area contributed by atoms with Crippen molar-refractivity contribution in [1.82, 2.24) is 26.6 Å². The Labute approximate surface area is 227 Å². The normalized spacial score (nSPS) is 19.5. The third kappa shape index (κ3) is 12.7. The number of carbonyl (C=O) groups is 4. The maximum atomic E-state index is 13.1. The molecule has 0 aromatic heterocycles. The number of hydrogen-bond donors (Lipinski definition) is 6. The molecule has 0 saturated carbocycles. The molecule has 0 aromatic rings. The predicted molar refractivity (Wildman–Crippen MR) is 149 cm³/mol. The summed E-state index contributed by atoms with van der Waals surface area (Å²) < 4.78 is 13.1. The molecule has 4 amide bonds. The van der Waals surface area contributed by atoms with Crippen molar-refractivity contribution in [2.75, 3.05) is 26.0 Å². The van der Waals surface area contributed by atoms with E-state index in [2.05, 4.69) is 26.6 Å². The monoisotopic (exact) mass is 559 g/mol. The van der Waals surface area contributed by atoms with Crippen LogP contribution in [0.15, 0.2) is 0 Å². The standard InChI is InChI=1S/C26H50N5O6P/c1-16(2)11-19(23(32)30-21(12-17(3)4)24(33)27-7)14-38(36,37)15-29-25(34)22(13-18(5)6)31-26(35)20-9-8-10-28-20/h16-22,28H,8-15H2,1-7H3,(H,27,33)(H,29,34)(H,30,32)(H,31,35)(H,36,37)/t19?,20-,21-,22-/m0/s1. The van der Waals surface area contributed by atoms with Crippen LogP contribution in [0.25, 0.3) is 0 Å². The Bertz CT molecular complexity index is 844. The van der Waals surface area contributed by atoms with Crippen LogP contribution in [-0.4, -0.2) is 72.7 Å². The van der Waals surface area contributed by atoms with Gasteiger partial charge in [-0.15, -0.1) is 0 Å². The molecular formula is C26H50N5O6P. The SMILES string of the molecule is CNC(=O)[C@H](CC(C)C)NC(=O)C(CC(C)C)CP(=O)(O)CNC(=O)[C@H](CC(C)C)NC(=O)[C@@H]1CCCN1. The summed E-state index contributed by atoms with van der Waals surface area (Å²) in [7, 11) is -2.46. The largest absolute Gasteiger partial charge is 0.357 e. The molecule has 0 aliphatic carbocycles. The molecule has 1 rings (SSSR count). The first-order valence-corrected chi connectivity index (χ1v) is 15.8. The Morgan fingerprint density at radius 2 is 1.42 bits per heavy atom. The van der Waals surface area contributed by atoms with Crippen LogP contribution in [0.4, 0.5) is 0 Å². The van der Waals surface area contributed by atoms with Gasteiger partial charge in [-0.3, -0.25) is 23.7 Å². The zero-order valence-electron chi connectivity index (χ0n) is 24.1. The van der Waals surface area contributed by atoms with Crippen LogP contribution < -0.4 is 26.6 Å². The molecule has 1 heterocycles. The van der Waals surface area contributed by atoms with Gasteiger partial charge >= 0.3 is 0 Å². The molecule has 2 unspecified atom stereocenters. The molecule has 1 aliphatic heterocycles. The minimum Gasteiger partial charge on any atom is -0.357 e. The summed E-state index contributed by atoms with van der Waals surface area (Å²) >= 11 is 0. The van der Waals surface area contributed by atoms with Gasteiger partial charge in [0.25, 0.3) is 0 Å². The Morgan fingerprint density at radius 1 is 0.868 bits per heavy atom. The van der Waals surface area contributed by atoms with E-state index in [-0.39, 0.29) is 41.8 Å². The first-order valence-electron chi connectivity index (χ1n) is 13.8. The second-order valence-electron chi connectivity index (χ2n) is 11.7. The van der Waals surface area contributed by atoms with E-state index >= 15 is 0 Å². The molecule has 220 valence electrons. The van der Waals surface area contributed by atoms with Crippen LogP contribution in [0.5, 0.6) is 0 Å². The summed E-state index contributed by atoms with van der Waals surface area (Å²) in [6, 6.07) is -1.91. The summed E-state index contributed by atoms with van der Waals surface area (Å²) in [6.45, 7) is 12.3. The Morgan fingerprint density at radius 3 is 1.89 bits per heavy atom. The molecule has 12 heteroatoms. The van der Waals surface area contributed by atoms with Gasteiger partial charge in [-0.05, 0) is 56.4 Å². The summed E-state index contributed by atoms with van der Waals surface area (Å²) in [5, 5.41) is 13.7. The minimum absolute atomic E-state index is 0.0683. The second kappa shape index (κ2) is 16.2. The van der Waals surface area contributed by atoms with Crippen molar-refractivity contribution in [2.24, 2.45) is 23.7 Å². The average molecular weight is 560 g/mol. The number of amides is 4. The Kier molecular flexibility index (Phi) is 14.5. The number of likely N-dealkylation sites (N-methyl/N-ethyl adjacent to an activating group) is 1. The van der Waals surface area contributed by atoms with E-state index in [1.54, 1.807) is 0 Å². The Hall–Kier alpha value is -1.97. The van der Waals surface area contributed by atoms with Crippen molar-refractivity contribution < 1.29 is 28.6 Å². The smallest absolute Gasteiger partial charge is 0.243 e. The highest BCUT2D eigenvalue weighted by Crippen LogP contribution is 2.42. The highest BCUT2D eigenvalue weighted by molar-refractivity contribution is 7.58. The van der Waals surface area contributed by atoms with Crippen molar-refractivity contribution in [3.63, 3.8) is 0 Å². The van der Waals surface area contributed by atoms with E-state index < -0.39 is 43.5 Å².